The summed E-state index contributed by atoms with van der Waals surface area (Å²) in [5.41, 5.74) is 8.87. The highest BCUT2D eigenvalue weighted by Crippen LogP contribution is 2.33. The lowest BCUT2D eigenvalue weighted by molar-refractivity contribution is -0.136. The highest BCUT2D eigenvalue weighted by Gasteiger charge is 2.21. The molecule has 0 aromatic heterocycles. The van der Waals surface area contributed by atoms with Gasteiger partial charge in [-0.15, -0.1) is 0 Å². The molecular formula is C11H14N2O2. The highest BCUT2D eigenvalue weighted by atomic mass is 16.4. The number of carboxylic acids is 1. The normalized spacial score (nSPS) is 14.0. The minimum Gasteiger partial charge on any atom is -0.481 e. The van der Waals surface area contributed by atoms with Crippen molar-refractivity contribution in [1.82, 2.24) is 0 Å². The molecule has 1 aliphatic heterocycles. The first-order valence-electron chi connectivity index (χ1n) is 5.02. The molecule has 3 N–H and O–H groups in total. The van der Waals surface area contributed by atoms with Crippen LogP contribution in [0.1, 0.15) is 12.0 Å². The van der Waals surface area contributed by atoms with E-state index >= 15 is 0 Å². The number of rotatable bonds is 3. The zero-order chi connectivity index (χ0) is 10.8. The zero-order valence-corrected chi connectivity index (χ0v) is 8.44. The van der Waals surface area contributed by atoms with E-state index in [9.17, 15) is 4.79 Å². The first-order valence-corrected chi connectivity index (χ1v) is 5.02. The van der Waals surface area contributed by atoms with E-state index in [1.54, 1.807) is 0 Å². The SMILES string of the molecule is Nc1cccc2c1N(CCC(=O)O)CC2. The molecule has 0 atom stereocenters. The Balaban J connectivity index is 2.17. The molecule has 0 saturated carbocycles. The Hall–Kier alpha value is -1.71. The Bertz CT molecular complexity index is 390. The van der Waals surface area contributed by atoms with Crippen LogP contribution in [0.4, 0.5) is 11.4 Å². The van der Waals surface area contributed by atoms with Crippen LogP contribution in [0.5, 0.6) is 0 Å². The van der Waals surface area contributed by atoms with E-state index in [0.29, 0.717) is 6.54 Å². The third-order valence-corrected chi connectivity index (χ3v) is 2.71. The lowest BCUT2D eigenvalue weighted by Gasteiger charge is -2.19. The molecule has 80 valence electrons. The number of nitrogens with zero attached hydrogens (tertiary/aromatic N) is 1. The van der Waals surface area contributed by atoms with Gasteiger partial charge in [0.25, 0.3) is 0 Å². The summed E-state index contributed by atoms with van der Waals surface area (Å²) in [4.78, 5) is 12.5. The molecule has 0 radical (unpaired) electrons. The van der Waals surface area contributed by atoms with E-state index in [1.165, 1.54) is 5.56 Å². The fourth-order valence-electron chi connectivity index (χ4n) is 2.02. The van der Waals surface area contributed by atoms with E-state index in [2.05, 4.69) is 4.90 Å². The summed E-state index contributed by atoms with van der Waals surface area (Å²) in [6.07, 6.45) is 1.12. The lowest BCUT2D eigenvalue weighted by atomic mass is 10.1. The molecule has 1 aliphatic rings. The predicted octanol–water partition coefficient (Wildman–Crippen LogP) is 1.11. The van der Waals surface area contributed by atoms with Gasteiger partial charge in [0, 0.05) is 13.1 Å². The van der Waals surface area contributed by atoms with Crippen molar-refractivity contribution in [2.45, 2.75) is 12.8 Å². The molecule has 0 fully saturated rings. The van der Waals surface area contributed by atoms with Crippen molar-refractivity contribution in [2.75, 3.05) is 23.7 Å². The molecule has 0 bridgehead atoms. The summed E-state index contributed by atoms with van der Waals surface area (Å²) in [6.45, 7) is 1.41. The number of nitrogens with two attached hydrogens (primary N) is 1. The highest BCUT2D eigenvalue weighted by molar-refractivity contribution is 5.75. The van der Waals surface area contributed by atoms with Crippen molar-refractivity contribution in [2.24, 2.45) is 0 Å². The van der Waals surface area contributed by atoms with Crippen LogP contribution in [-0.2, 0) is 11.2 Å². The maximum Gasteiger partial charge on any atom is 0.305 e. The molecule has 0 aliphatic carbocycles. The lowest BCUT2D eigenvalue weighted by Crippen LogP contribution is -2.24. The number of hydrogen-bond donors (Lipinski definition) is 2. The molecule has 1 aromatic rings. The number of para-hydroxylation sites is 1. The third kappa shape index (κ3) is 1.88. The van der Waals surface area contributed by atoms with Gasteiger partial charge < -0.3 is 15.7 Å². The summed E-state index contributed by atoms with van der Waals surface area (Å²) in [5, 5.41) is 8.63. The summed E-state index contributed by atoms with van der Waals surface area (Å²) in [5.74, 6) is -0.766. The largest absolute Gasteiger partial charge is 0.481 e. The number of carboxylic acid groups (broad SMARTS) is 1. The monoisotopic (exact) mass is 206 g/mol. The average Bonchev–Trinajstić information content (AvgIpc) is 2.59. The van der Waals surface area contributed by atoms with Crippen molar-refractivity contribution >= 4 is 17.3 Å². The van der Waals surface area contributed by atoms with Gasteiger partial charge in [-0.25, -0.2) is 0 Å². The molecule has 1 heterocycles. The number of nitrogen functional groups attached to an aromatic ring is 1. The van der Waals surface area contributed by atoms with E-state index in [-0.39, 0.29) is 6.42 Å². The van der Waals surface area contributed by atoms with Gasteiger partial charge in [-0.2, -0.15) is 0 Å². The molecule has 1 aromatic carbocycles. The van der Waals surface area contributed by atoms with Crippen LogP contribution in [0.15, 0.2) is 18.2 Å². The number of fused-ring (bicyclic) bond motifs is 1. The van der Waals surface area contributed by atoms with Gasteiger partial charge in [-0.05, 0) is 18.1 Å². The van der Waals surface area contributed by atoms with Gasteiger partial charge >= 0.3 is 5.97 Å². The van der Waals surface area contributed by atoms with Crippen LogP contribution < -0.4 is 10.6 Å². The molecule has 0 saturated heterocycles. The number of hydrogen-bond acceptors (Lipinski definition) is 3. The maximum absolute atomic E-state index is 10.5. The van der Waals surface area contributed by atoms with Gasteiger partial charge in [0.15, 0.2) is 0 Å². The van der Waals surface area contributed by atoms with Crippen LogP contribution in [-0.4, -0.2) is 24.2 Å². The number of aliphatic carboxylic acids is 1. The first kappa shape index (κ1) is 9.83. The third-order valence-electron chi connectivity index (χ3n) is 2.71. The topological polar surface area (TPSA) is 66.6 Å². The summed E-state index contributed by atoms with van der Waals surface area (Å²) in [6, 6.07) is 5.85. The van der Waals surface area contributed by atoms with Crippen LogP contribution in [0, 0.1) is 0 Å². The van der Waals surface area contributed by atoms with Gasteiger partial charge in [0.2, 0.25) is 0 Å². The second-order valence-corrected chi connectivity index (χ2v) is 3.74. The van der Waals surface area contributed by atoms with Gasteiger partial charge in [0.1, 0.15) is 0 Å². The van der Waals surface area contributed by atoms with Gasteiger partial charge in [-0.1, -0.05) is 12.1 Å². The molecule has 15 heavy (non-hydrogen) atoms. The van der Waals surface area contributed by atoms with Crippen LogP contribution >= 0.6 is 0 Å². The Labute approximate surface area is 88.3 Å². The molecule has 2 rings (SSSR count). The Morgan fingerprint density at radius 2 is 2.33 bits per heavy atom. The summed E-state index contributed by atoms with van der Waals surface area (Å²) < 4.78 is 0. The fraction of sp³-hybridized carbons (Fsp3) is 0.364. The maximum atomic E-state index is 10.5. The Morgan fingerprint density at radius 3 is 3.07 bits per heavy atom. The molecule has 4 heteroatoms. The summed E-state index contributed by atoms with van der Waals surface area (Å²) >= 11 is 0. The number of anilines is 2. The molecule has 0 spiro atoms. The van der Waals surface area contributed by atoms with E-state index in [1.807, 2.05) is 18.2 Å². The second kappa shape index (κ2) is 3.81. The predicted molar refractivity (Wildman–Crippen MR) is 59.0 cm³/mol. The van der Waals surface area contributed by atoms with Crippen LogP contribution in [0.3, 0.4) is 0 Å². The van der Waals surface area contributed by atoms with E-state index in [0.717, 1.165) is 24.3 Å². The summed E-state index contributed by atoms with van der Waals surface area (Å²) in [7, 11) is 0. The van der Waals surface area contributed by atoms with Crippen molar-refractivity contribution < 1.29 is 9.90 Å². The standard InChI is InChI=1S/C11H14N2O2/c12-9-3-1-2-8-4-6-13(11(8)9)7-5-10(14)15/h1-3H,4-7,12H2,(H,14,15). The van der Waals surface area contributed by atoms with Crippen LogP contribution in [0.2, 0.25) is 0 Å². The minimum atomic E-state index is -0.766. The first-order chi connectivity index (χ1) is 7.18. The molecule has 0 unspecified atom stereocenters. The quantitative estimate of drug-likeness (QED) is 0.727. The molecule has 0 amide bonds. The van der Waals surface area contributed by atoms with Crippen molar-refractivity contribution in [3.05, 3.63) is 23.8 Å². The zero-order valence-electron chi connectivity index (χ0n) is 8.44. The molecular weight excluding hydrogens is 192 g/mol. The van der Waals surface area contributed by atoms with Crippen molar-refractivity contribution in [3.8, 4) is 0 Å². The minimum absolute atomic E-state index is 0.160. The van der Waals surface area contributed by atoms with E-state index < -0.39 is 5.97 Å². The number of carbonyl (C=O) groups is 1. The Morgan fingerprint density at radius 1 is 1.53 bits per heavy atom. The second-order valence-electron chi connectivity index (χ2n) is 3.74. The van der Waals surface area contributed by atoms with E-state index in [4.69, 9.17) is 10.8 Å². The average molecular weight is 206 g/mol. The van der Waals surface area contributed by atoms with Gasteiger partial charge in [-0.3, -0.25) is 4.79 Å². The fourth-order valence-corrected chi connectivity index (χ4v) is 2.02. The van der Waals surface area contributed by atoms with Crippen molar-refractivity contribution in [3.63, 3.8) is 0 Å². The number of benzene rings is 1. The smallest absolute Gasteiger partial charge is 0.305 e. The van der Waals surface area contributed by atoms with Crippen LogP contribution in [0.25, 0.3) is 0 Å². The Kier molecular flexibility index (Phi) is 2.49. The van der Waals surface area contributed by atoms with Crippen molar-refractivity contribution in [1.29, 1.82) is 0 Å². The molecule has 4 nitrogen and oxygen atoms in total. The van der Waals surface area contributed by atoms with Gasteiger partial charge in [0.05, 0.1) is 17.8 Å².